The molecular formula is C26H22N8O5S2. The van der Waals surface area contributed by atoms with Gasteiger partial charge in [0.1, 0.15) is 34.9 Å². The summed E-state index contributed by atoms with van der Waals surface area (Å²) >= 11 is 2.85. The van der Waals surface area contributed by atoms with E-state index in [0.717, 1.165) is 20.9 Å². The highest BCUT2D eigenvalue weighted by Gasteiger charge is 2.53. The molecule has 5 heterocycles. The average molecular weight is 591 g/mol. The summed E-state index contributed by atoms with van der Waals surface area (Å²) in [6, 6.07) is 14.0. The summed E-state index contributed by atoms with van der Waals surface area (Å²) in [5.41, 5.74) is 7.76. The number of nitrogens with two attached hydrogens (primary N) is 1. The van der Waals surface area contributed by atoms with Crippen LogP contribution in [0.4, 0.5) is 5.82 Å². The van der Waals surface area contributed by atoms with Crippen molar-refractivity contribution in [1.82, 2.24) is 25.4 Å². The lowest BCUT2D eigenvalue weighted by Crippen LogP contribution is -2.71. The average Bonchev–Trinajstić information content (AvgIpc) is 3.61. The molecule has 1 saturated heterocycles. The number of amides is 2. The smallest absolute Gasteiger partial charge is 0.289 e. The highest BCUT2D eigenvalue weighted by Crippen LogP contribution is 2.40. The number of benzene rings is 1. The van der Waals surface area contributed by atoms with E-state index in [-0.39, 0.29) is 29.5 Å². The summed E-state index contributed by atoms with van der Waals surface area (Å²) in [5.74, 6) is -2.28. The van der Waals surface area contributed by atoms with Crippen molar-refractivity contribution in [2.75, 3.05) is 18.6 Å². The molecule has 208 valence electrons. The molecule has 41 heavy (non-hydrogen) atoms. The van der Waals surface area contributed by atoms with Crippen LogP contribution in [-0.2, 0) is 25.8 Å². The molecule has 2 amide bonds. The number of nitrogen functional groups attached to an aromatic ring is 1. The number of thiazole rings is 1. The number of anilines is 1. The maximum Gasteiger partial charge on any atom is 0.289 e. The van der Waals surface area contributed by atoms with Crippen molar-refractivity contribution >= 4 is 62.8 Å². The van der Waals surface area contributed by atoms with Gasteiger partial charge in [-0.2, -0.15) is 9.67 Å². The number of aliphatic carboxylic acids is 1. The molecule has 3 aromatic heterocycles. The van der Waals surface area contributed by atoms with Crippen LogP contribution in [-0.4, -0.2) is 67.9 Å². The predicted octanol–water partition coefficient (Wildman–Crippen LogP) is 0.0107. The number of pyridine rings is 1. The van der Waals surface area contributed by atoms with Gasteiger partial charge in [-0.3, -0.25) is 19.6 Å². The summed E-state index contributed by atoms with van der Waals surface area (Å²) in [7, 11) is 1.27. The maximum atomic E-state index is 13.2. The summed E-state index contributed by atoms with van der Waals surface area (Å²) in [6.07, 6.45) is 1.85. The quantitative estimate of drug-likeness (QED) is 0.110. The lowest BCUT2D eigenvalue weighted by atomic mass is 10.0. The number of hydrogen-bond donors (Lipinski definition) is 3. The number of aromatic nitrogens is 4. The first-order valence-corrected chi connectivity index (χ1v) is 14.2. The van der Waals surface area contributed by atoms with Crippen LogP contribution in [0.1, 0.15) is 5.69 Å². The first-order valence-electron chi connectivity index (χ1n) is 12.3. The topological polar surface area (TPSA) is 183 Å². The Hall–Kier alpha value is -4.76. The number of oxime groups is 1. The minimum Gasteiger partial charge on any atom is -0.543 e. The van der Waals surface area contributed by atoms with Gasteiger partial charge in [-0.15, -0.1) is 11.8 Å². The van der Waals surface area contributed by atoms with Crippen molar-refractivity contribution in [3.63, 3.8) is 0 Å². The van der Waals surface area contributed by atoms with E-state index in [1.54, 1.807) is 0 Å². The van der Waals surface area contributed by atoms with Crippen LogP contribution in [0, 0.1) is 0 Å². The van der Waals surface area contributed by atoms with E-state index in [4.69, 9.17) is 15.6 Å². The van der Waals surface area contributed by atoms with E-state index >= 15 is 0 Å². The molecule has 0 spiro atoms. The van der Waals surface area contributed by atoms with Crippen LogP contribution in [0.5, 0.6) is 0 Å². The fourth-order valence-corrected chi connectivity index (χ4v) is 7.12. The maximum absolute atomic E-state index is 13.2. The van der Waals surface area contributed by atoms with Crippen molar-refractivity contribution in [3.05, 3.63) is 71.7 Å². The zero-order chi connectivity index (χ0) is 28.7. The van der Waals surface area contributed by atoms with Gasteiger partial charge in [-0.25, -0.2) is 4.98 Å². The molecule has 0 aliphatic carbocycles. The van der Waals surface area contributed by atoms with Gasteiger partial charge in [0.05, 0.1) is 17.4 Å². The van der Waals surface area contributed by atoms with Crippen LogP contribution in [0.15, 0.2) is 71.2 Å². The monoisotopic (exact) mass is 590 g/mol. The molecule has 0 bridgehead atoms. The second-order valence-corrected chi connectivity index (χ2v) is 11.2. The van der Waals surface area contributed by atoms with E-state index in [2.05, 4.69) is 20.7 Å². The second-order valence-electron chi connectivity index (χ2n) is 9.14. The van der Waals surface area contributed by atoms with Gasteiger partial charge in [-0.05, 0) is 17.4 Å². The van der Waals surface area contributed by atoms with E-state index in [9.17, 15) is 19.5 Å². The van der Waals surface area contributed by atoms with Crippen molar-refractivity contribution in [3.8, 4) is 10.6 Å². The van der Waals surface area contributed by atoms with E-state index in [1.165, 1.54) is 41.2 Å². The number of H-pyrrole nitrogens is 1. The van der Waals surface area contributed by atoms with Gasteiger partial charge < -0.3 is 25.8 Å². The molecule has 13 nitrogen and oxygen atoms in total. The highest BCUT2D eigenvalue weighted by molar-refractivity contribution is 8.00. The molecule has 4 N–H and O–H groups in total. The third kappa shape index (κ3) is 4.78. The Balaban J connectivity index is 1.25. The van der Waals surface area contributed by atoms with Gasteiger partial charge in [-0.1, -0.05) is 35.5 Å². The number of β-lactam (4-membered cyclic amide) rings is 1. The molecule has 15 heteroatoms. The Morgan fingerprint density at radius 2 is 2.10 bits per heavy atom. The molecule has 2 aliphatic rings. The van der Waals surface area contributed by atoms with Gasteiger partial charge in [0.15, 0.2) is 18.5 Å². The van der Waals surface area contributed by atoms with Crippen molar-refractivity contribution in [1.29, 1.82) is 0 Å². The zero-order valence-electron chi connectivity index (χ0n) is 21.4. The number of fused-ring (bicyclic) bond motifs is 2. The first kappa shape index (κ1) is 26.5. The van der Waals surface area contributed by atoms with Crippen molar-refractivity contribution in [2.24, 2.45) is 5.16 Å². The molecule has 2 atom stereocenters. The van der Waals surface area contributed by atoms with Crippen LogP contribution in [0.2, 0.25) is 0 Å². The summed E-state index contributed by atoms with van der Waals surface area (Å²) in [4.78, 5) is 50.0. The van der Waals surface area contributed by atoms with Crippen LogP contribution < -0.4 is 20.7 Å². The molecule has 6 rings (SSSR count). The van der Waals surface area contributed by atoms with E-state index in [0.29, 0.717) is 11.3 Å². The number of nitrogens with zero attached hydrogens (tertiary/aromatic N) is 5. The lowest BCUT2D eigenvalue weighted by molar-refractivity contribution is -0.661. The zero-order valence-corrected chi connectivity index (χ0v) is 23.1. The molecule has 1 fully saturated rings. The number of hydrogen-bond acceptors (Lipinski definition) is 11. The number of carbonyl (C=O) groups is 3. The SMILES string of the molecule is CON=C(C(=O)NC1C(=O)N2C(C(=O)[O-])=C(C[n+]3cccc4nc(-c5ccccc5)sc43)CS[C@@H]12)c1cc(N)n[nH]1. The Labute approximate surface area is 240 Å². The largest absolute Gasteiger partial charge is 0.543 e. The summed E-state index contributed by atoms with van der Waals surface area (Å²) in [5, 5.41) is 25.2. The number of aromatic amines is 1. The molecule has 2 aliphatic heterocycles. The van der Waals surface area contributed by atoms with Gasteiger partial charge in [0.2, 0.25) is 0 Å². The molecule has 1 aromatic carbocycles. The third-order valence-corrected chi connectivity index (χ3v) is 9.07. The fraction of sp³-hybridized carbons (Fsp3) is 0.192. The van der Waals surface area contributed by atoms with Crippen molar-refractivity contribution in [2.45, 2.75) is 18.0 Å². The van der Waals surface area contributed by atoms with Crippen LogP contribution in [0.25, 0.3) is 20.9 Å². The van der Waals surface area contributed by atoms with Crippen LogP contribution in [0.3, 0.4) is 0 Å². The number of thioether (sulfide) groups is 1. The summed E-state index contributed by atoms with van der Waals surface area (Å²) < 4.78 is 1.92. The van der Waals surface area contributed by atoms with Gasteiger partial charge in [0, 0.05) is 29.0 Å². The van der Waals surface area contributed by atoms with E-state index < -0.39 is 29.2 Å². The third-order valence-electron chi connectivity index (χ3n) is 6.58. The molecule has 1 unspecified atom stereocenters. The number of carbonyl (C=O) groups excluding carboxylic acids is 3. The standard InChI is InChI=1S/C26H22N8O5S2/c1-39-32-18(16-10-17(27)31-30-16)21(35)29-19-23(36)34-20(26(37)38)14(12-40-25(19)34)11-33-9-5-8-15-24(33)41-22(28-15)13-6-3-2-4-7-13/h2-10,19,25H,11-12H2,1H3,(H4-,27,29,30,31,32,35,37,38)/t19?,25-/m0/s1. The summed E-state index contributed by atoms with van der Waals surface area (Å²) in [6.45, 7) is 0.226. The molecule has 0 radical (unpaired) electrons. The van der Waals surface area contributed by atoms with Crippen LogP contribution >= 0.6 is 23.1 Å². The number of carboxylic acid groups (broad SMARTS) is 1. The van der Waals surface area contributed by atoms with Crippen molar-refractivity contribution < 1.29 is 28.9 Å². The molecule has 4 aromatic rings. The predicted molar refractivity (Wildman–Crippen MR) is 149 cm³/mol. The minimum absolute atomic E-state index is 0.143. The number of carboxylic acids is 1. The van der Waals surface area contributed by atoms with Gasteiger partial charge >= 0.3 is 0 Å². The molecular weight excluding hydrogens is 568 g/mol. The Morgan fingerprint density at radius 3 is 2.80 bits per heavy atom. The second kappa shape index (κ2) is 10.7. The number of nitrogens with one attached hydrogen (secondary N) is 2. The first-order chi connectivity index (χ1) is 19.9. The minimum atomic E-state index is -1.46. The van der Waals surface area contributed by atoms with E-state index in [1.807, 2.05) is 53.2 Å². The number of rotatable bonds is 8. The Morgan fingerprint density at radius 1 is 1.29 bits per heavy atom. The van der Waals surface area contributed by atoms with Gasteiger partial charge in [0.25, 0.3) is 16.6 Å². The fourth-order valence-electron chi connectivity index (χ4n) is 4.74. The highest BCUT2D eigenvalue weighted by atomic mass is 32.2. The normalized spacial score (nSPS) is 18.7. The molecule has 0 saturated carbocycles. The Kier molecular flexibility index (Phi) is 6.88. The Bertz CT molecular complexity index is 1750. The lowest BCUT2D eigenvalue weighted by Gasteiger charge is -2.50.